The van der Waals surface area contributed by atoms with E-state index in [1.54, 1.807) is 0 Å². The molecule has 0 atom stereocenters. The lowest BCUT2D eigenvalue weighted by Crippen LogP contribution is -2.34. The van der Waals surface area contributed by atoms with Crippen LogP contribution in [0.1, 0.15) is 20.3 Å². The van der Waals surface area contributed by atoms with E-state index in [9.17, 15) is 4.79 Å². The van der Waals surface area contributed by atoms with Gasteiger partial charge in [0.1, 0.15) is 18.1 Å². The van der Waals surface area contributed by atoms with Gasteiger partial charge in [0, 0.05) is 6.54 Å². The van der Waals surface area contributed by atoms with Crippen LogP contribution in [0, 0.1) is 0 Å². The molecule has 5 heteroatoms. The molecular weight excluding hydrogens is 258 g/mol. The van der Waals surface area contributed by atoms with Crippen LogP contribution < -0.4 is 9.47 Å². The second kappa shape index (κ2) is 9.20. The van der Waals surface area contributed by atoms with Gasteiger partial charge in [0.2, 0.25) is 0 Å². The molecule has 1 N–H and O–H groups in total. The maximum absolute atomic E-state index is 10.7. The number of benzene rings is 1. The number of carboxylic acids is 1. The Morgan fingerprint density at radius 3 is 2.20 bits per heavy atom. The van der Waals surface area contributed by atoms with Crippen LogP contribution in [-0.2, 0) is 4.79 Å². The van der Waals surface area contributed by atoms with Crippen molar-refractivity contribution in [3.63, 3.8) is 0 Å². The Morgan fingerprint density at radius 2 is 1.70 bits per heavy atom. The Hall–Kier alpha value is -1.75. The summed E-state index contributed by atoms with van der Waals surface area (Å²) < 4.78 is 11.0. The molecule has 20 heavy (non-hydrogen) atoms. The highest BCUT2D eigenvalue weighted by molar-refractivity contribution is 5.69. The number of hydrogen-bond acceptors (Lipinski definition) is 4. The third kappa shape index (κ3) is 6.43. The average Bonchev–Trinajstić information content (AvgIpc) is 2.40. The van der Waals surface area contributed by atoms with Crippen molar-refractivity contribution >= 4 is 5.97 Å². The maximum atomic E-state index is 10.7. The Kier molecular flexibility index (Phi) is 7.50. The molecule has 0 spiro atoms. The fourth-order valence-electron chi connectivity index (χ4n) is 1.87. The molecule has 0 fully saturated rings. The highest BCUT2D eigenvalue weighted by atomic mass is 16.5. The number of aliphatic carboxylic acids is 1. The summed E-state index contributed by atoms with van der Waals surface area (Å²) in [7, 11) is 0. The van der Waals surface area contributed by atoms with E-state index in [0.29, 0.717) is 19.8 Å². The Bertz CT molecular complexity index is 391. The average molecular weight is 281 g/mol. The fraction of sp³-hybridized carbons (Fsp3) is 0.533. The fourth-order valence-corrected chi connectivity index (χ4v) is 1.87. The number of hydrogen-bond donors (Lipinski definition) is 1. The van der Waals surface area contributed by atoms with Crippen LogP contribution in [0.15, 0.2) is 24.3 Å². The molecular formula is C15H23NO4. The zero-order chi connectivity index (χ0) is 14.8. The van der Waals surface area contributed by atoms with E-state index in [2.05, 4.69) is 0 Å². The number of ether oxygens (including phenoxy) is 2. The third-order valence-corrected chi connectivity index (χ3v) is 2.71. The first kappa shape index (κ1) is 16.3. The van der Waals surface area contributed by atoms with Crippen LogP contribution in [-0.4, -0.2) is 48.8 Å². The molecule has 0 saturated heterocycles. The highest BCUT2D eigenvalue weighted by Crippen LogP contribution is 2.17. The smallest absolute Gasteiger partial charge is 0.317 e. The van der Waals surface area contributed by atoms with Gasteiger partial charge in [-0.05, 0) is 44.2 Å². The zero-order valence-corrected chi connectivity index (χ0v) is 12.2. The van der Waals surface area contributed by atoms with E-state index in [-0.39, 0.29) is 6.54 Å². The van der Waals surface area contributed by atoms with Gasteiger partial charge in [0.15, 0.2) is 0 Å². The Balaban J connectivity index is 2.35. The predicted octanol–water partition coefficient (Wildman–Crippen LogP) is 2.26. The lowest BCUT2D eigenvalue weighted by atomic mass is 10.3. The molecule has 0 bridgehead atoms. The van der Waals surface area contributed by atoms with Gasteiger partial charge >= 0.3 is 5.97 Å². The summed E-state index contributed by atoms with van der Waals surface area (Å²) in [5.41, 5.74) is 0. The van der Waals surface area contributed by atoms with Gasteiger partial charge in [-0.15, -0.1) is 0 Å². The van der Waals surface area contributed by atoms with Crippen molar-refractivity contribution < 1.29 is 19.4 Å². The summed E-state index contributed by atoms with van der Waals surface area (Å²) in [6, 6.07) is 7.43. The quantitative estimate of drug-likeness (QED) is 0.713. The molecule has 0 aliphatic carbocycles. The van der Waals surface area contributed by atoms with Gasteiger partial charge in [-0.1, -0.05) is 6.92 Å². The second-order valence-electron chi connectivity index (χ2n) is 4.42. The van der Waals surface area contributed by atoms with Crippen molar-refractivity contribution in [2.45, 2.75) is 20.3 Å². The van der Waals surface area contributed by atoms with Crippen LogP contribution in [0.5, 0.6) is 11.5 Å². The normalized spacial score (nSPS) is 10.6. The van der Waals surface area contributed by atoms with Crippen LogP contribution in [0.2, 0.25) is 0 Å². The van der Waals surface area contributed by atoms with Crippen LogP contribution in [0.3, 0.4) is 0 Å². The SMILES string of the molecule is CCCN(CCOc1ccc(OCC)cc1)CC(=O)O. The van der Waals surface area contributed by atoms with E-state index >= 15 is 0 Å². The number of carboxylic acid groups (broad SMARTS) is 1. The molecule has 0 aromatic heterocycles. The van der Waals surface area contributed by atoms with Crippen molar-refractivity contribution in [3.8, 4) is 11.5 Å². The van der Waals surface area contributed by atoms with Crippen molar-refractivity contribution in [3.05, 3.63) is 24.3 Å². The van der Waals surface area contributed by atoms with Gasteiger partial charge < -0.3 is 14.6 Å². The van der Waals surface area contributed by atoms with Crippen molar-refractivity contribution in [2.75, 3.05) is 32.8 Å². The molecule has 5 nitrogen and oxygen atoms in total. The first-order valence-electron chi connectivity index (χ1n) is 6.95. The second-order valence-corrected chi connectivity index (χ2v) is 4.42. The number of carbonyl (C=O) groups is 1. The van der Waals surface area contributed by atoms with Crippen LogP contribution in [0.4, 0.5) is 0 Å². The summed E-state index contributed by atoms with van der Waals surface area (Å²) in [4.78, 5) is 12.6. The summed E-state index contributed by atoms with van der Waals surface area (Å²) >= 11 is 0. The molecule has 0 amide bonds. The van der Waals surface area contributed by atoms with E-state index in [1.165, 1.54) is 0 Å². The lowest BCUT2D eigenvalue weighted by Gasteiger charge is -2.19. The summed E-state index contributed by atoms with van der Waals surface area (Å²) in [6.45, 7) is 6.51. The molecule has 0 aliphatic heterocycles. The standard InChI is InChI=1S/C15H23NO4/c1-3-9-16(12-15(17)18)10-11-20-14-7-5-13(6-8-14)19-4-2/h5-8H,3-4,9-12H2,1-2H3,(H,17,18). The summed E-state index contributed by atoms with van der Waals surface area (Å²) in [5, 5.41) is 8.81. The first-order valence-corrected chi connectivity index (χ1v) is 6.95. The molecule has 0 unspecified atom stereocenters. The van der Waals surface area contributed by atoms with Crippen molar-refractivity contribution in [1.29, 1.82) is 0 Å². The van der Waals surface area contributed by atoms with Crippen LogP contribution in [0.25, 0.3) is 0 Å². The Morgan fingerprint density at radius 1 is 1.10 bits per heavy atom. The third-order valence-electron chi connectivity index (χ3n) is 2.71. The van der Waals surface area contributed by atoms with Gasteiger partial charge in [0.25, 0.3) is 0 Å². The van der Waals surface area contributed by atoms with Gasteiger partial charge in [-0.2, -0.15) is 0 Å². The first-order chi connectivity index (χ1) is 9.65. The van der Waals surface area contributed by atoms with E-state index < -0.39 is 5.97 Å². The minimum atomic E-state index is -0.806. The molecule has 1 aromatic rings. The molecule has 0 saturated carbocycles. The monoisotopic (exact) mass is 281 g/mol. The van der Waals surface area contributed by atoms with Gasteiger partial charge in [-0.25, -0.2) is 0 Å². The number of rotatable bonds is 10. The molecule has 0 aliphatic rings. The minimum Gasteiger partial charge on any atom is -0.494 e. The minimum absolute atomic E-state index is 0.0560. The Labute approximate surface area is 120 Å². The van der Waals surface area contributed by atoms with E-state index in [1.807, 2.05) is 43.0 Å². The topological polar surface area (TPSA) is 59.0 Å². The highest BCUT2D eigenvalue weighted by Gasteiger charge is 2.08. The molecule has 1 rings (SSSR count). The van der Waals surface area contributed by atoms with E-state index in [0.717, 1.165) is 24.5 Å². The van der Waals surface area contributed by atoms with Crippen molar-refractivity contribution in [1.82, 2.24) is 4.90 Å². The summed E-state index contributed by atoms with van der Waals surface area (Å²) in [5.74, 6) is 0.776. The van der Waals surface area contributed by atoms with Gasteiger partial charge in [0.05, 0.1) is 13.2 Å². The predicted molar refractivity (Wildman–Crippen MR) is 77.5 cm³/mol. The molecule has 0 radical (unpaired) electrons. The number of nitrogens with zero attached hydrogens (tertiary/aromatic N) is 1. The zero-order valence-electron chi connectivity index (χ0n) is 12.2. The van der Waals surface area contributed by atoms with Crippen molar-refractivity contribution in [2.24, 2.45) is 0 Å². The van der Waals surface area contributed by atoms with Crippen LogP contribution >= 0.6 is 0 Å². The lowest BCUT2D eigenvalue weighted by molar-refractivity contribution is -0.138. The summed E-state index contributed by atoms with van der Waals surface area (Å²) in [6.07, 6.45) is 0.927. The maximum Gasteiger partial charge on any atom is 0.317 e. The van der Waals surface area contributed by atoms with E-state index in [4.69, 9.17) is 14.6 Å². The largest absolute Gasteiger partial charge is 0.494 e. The molecule has 112 valence electrons. The molecule has 1 aromatic carbocycles. The molecule has 0 heterocycles. The van der Waals surface area contributed by atoms with Gasteiger partial charge in [-0.3, -0.25) is 9.69 Å².